The van der Waals surface area contributed by atoms with E-state index >= 15 is 0 Å². The van der Waals surface area contributed by atoms with Crippen molar-refractivity contribution >= 4 is 23.2 Å². The van der Waals surface area contributed by atoms with Crippen LogP contribution < -0.4 is 10.2 Å². The summed E-state index contributed by atoms with van der Waals surface area (Å²) in [5.74, 6) is -0.642. The number of carbonyl (C=O) groups is 2. The second kappa shape index (κ2) is 8.84. The first-order valence-electron chi connectivity index (χ1n) is 10.6. The van der Waals surface area contributed by atoms with Crippen LogP contribution in [0.25, 0.3) is 0 Å². The van der Waals surface area contributed by atoms with Gasteiger partial charge in [-0.3, -0.25) is 14.6 Å². The number of ether oxygens (including phenoxy) is 1. The third-order valence-electron chi connectivity index (χ3n) is 5.75. The van der Waals surface area contributed by atoms with E-state index in [1.54, 1.807) is 36.5 Å². The van der Waals surface area contributed by atoms with Crippen molar-refractivity contribution in [1.29, 1.82) is 0 Å². The molecule has 1 saturated heterocycles. The number of hydrogen-bond donors (Lipinski definition) is 2. The normalized spacial score (nSPS) is 17.3. The van der Waals surface area contributed by atoms with Crippen molar-refractivity contribution < 1.29 is 23.8 Å². The summed E-state index contributed by atoms with van der Waals surface area (Å²) < 4.78 is 19.9. The highest BCUT2D eigenvalue weighted by Crippen LogP contribution is 2.35. The Labute approximate surface area is 186 Å². The molecule has 2 aliphatic heterocycles. The topological polar surface area (TPSA) is 95.0 Å². The summed E-state index contributed by atoms with van der Waals surface area (Å²) in [7, 11) is 0. The van der Waals surface area contributed by atoms with E-state index in [1.165, 1.54) is 18.7 Å². The number of hydrogen-bond acceptors (Lipinski definition) is 6. The number of rotatable bonds is 6. The number of aromatic nitrogens is 1. The molecule has 170 valence electrons. The highest BCUT2D eigenvalue weighted by atomic mass is 19.1. The molecule has 0 bridgehead atoms. The zero-order valence-corrected chi connectivity index (χ0v) is 18.2. The first-order chi connectivity index (χ1) is 15.2. The van der Waals surface area contributed by atoms with Gasteiger partial charge in [0.1, 0.15) is 11.9 Å². The number of anilines is 2. The van der Waals surface area contributed by atoms with Gasteiger partial charge >= 0.3 is 0 Å². The first kappa shape index (κ1) is 22.2. The Morgan fingerprint density at radius 1 is 1.31 bits per heavy atom. The van der Waals surface area contributed by atoms with Gasteiger partial charge in [0.25, 0.3) is 11.8 Å². The standard InChI is InChI=1S/C23H27FN4O4/c1-23(2,31)20(24)14-28-13-15-11-18(26-21(29)17-5-3-4-6-25-17)19(12-16(15)22(28)30)27-7-9-32-10-8-27/h3-6,11-12,20,31H,7-10,13-14H2,1-2H3,(H,26,29). The summed E-state index contributed by atoms with van der Waals surface area (Å²) in [6, 6.07) is 8.63. The predicted molar refractivity (Wildman–Crippen MR) is 118 cm³/mol. The summed E-state index contributed by atoms with van der Waals surface area (Å²) >= 11 is 0. The number of nitrogens with one attached hydrogen (secondary N) is 1. The minimum Gasteiger partial charge on any atom is -0.387 e. The van der Waals surface area contributed by atoms with E-state index in [-0.39, 0.29) is 30.6 Å². The fourth-order valence-corrected chi connectivity index (χ4v) is 3.82. The maximum atomic E-state index is 14.4. The van der Waals surface area contributed by atoms with E-state index < -0.39 is 11.8 Å². The molecule has 1 aromatic heterocycles. The fourth-order valence-electron chi connectivity index (χ4n) is 3.82. The quantitative estimate of drug-likeness (QED) is 0.713. The van der Waals surface area contributed by atoms with E-state index in [2.05, 4.69) is 15.2 Å². The van der Waals surface area contributed by atoms with Gasteiger partial charge in [0.05, 0.1) is 36.7 Å². The highest BCUT2D eigenvalue weighted by Gasteiger charge is 2.35. The minimum atomic E-state index is -1.58. The molecule has 1 aromatic carbocycles. The fraction of sp³-hybridized carbons (Fsp3) is 0.435. The molecular weight excluding hydrogens is 415 g/mol. The van der Waals surface area contributed by atoms with Gasteiger partial charge in [0.15, 0.2) is 0 Å². The first-order valence-corrected chi connectivity index (χ1v) is 10.6. The van der Waals surface area contributed by atoms with Gasteiger partial charge in [-0.05, 0) is 43.7 Å². The Kier molecular flexibility index (Phi) is 6.12. The predicted octanol–water partition coefficient (Wildman–Crippen LogP) is 2.24. The zero-order valence-electron chi connectivity index (χ0n) is 18.2. The van der Waals surface area contributed by atoms with Crippen LogP contribution in [0.1, 0.15) is 40.3 Å². The molecule has 8 nitrogen and oxygen atoms in total. The summed E-state index contributed by atoms with van der Waals surface area (Å²) in [6.07, 6.45) is -0.0321. The molecule has 0 saturated carbocycles. The van der Waals surface area contributed by atoms with E-state index in [9.17, 15) is 19.1 Å². The Hall–Kier alpha value is -3.04. The SMILES string of the molecule is CC(C)(O)C(F)CN1Cc2cc(NC(=O)c3ccccn3)c(N3CCOCC3)cc2C1=O. The van der Waals surface area contributed by atoms with Crippen LogP contribution in [0.15, 0.2) is 36.5 Å². The molecule has 2 N–H and O–H groups in total. The number of halogens is 1. The summed E-state index contributed by atoms with van der Waals surface area (Å²) in [5.41, 5.74) is 1.19. The molecule has 0 spiro atoms. The van der Waals surface area contributed by atoms with Gasteiger partial charge in [0, 0.05) is 31.4 Å². The Bertz CT molecular complexity index is 1000. The van der Waals surface area contributed by atoms with Gasteiger partial charge in [-0.25, -0.2) is 4.39 Å². The lowest BCUT2D eigenvalue weighted by molar-refractivity contribution is -0.0159. The highest BCUT2D eigenvalue weighted by molar-refractivity contribution is 6.06. The molecule has 9 heteroatoms. The van der Waals surface area contributed by atoms with Crippen LogP contribution in [0.4, 0.5) is 15.8 Å². The van der Waals surface area contributed by atoms with Crippen LogP contribution in [-0.2, 0) is 11.3 Å². The Balaban J connectivity index is 1.64. The molecule has 2 amide bonds. The number of morpholine rings is 1. The van der Waals surface area contributed by atoms with E-state index in [4.69, 9.17) is 4.74 Å². The van der Waals surface area contributed by atoms with Crippen molar-refractivity contribution in [3.05, 3.63) is 53.3 Å². The van der Waals surface area contributed by atoms with Crippen LogP contribution in [0.3, 0.4) is 0 Å². The third kappa shape index (κ3) is 4.58. The maximum absolute atomic E-state index is 14.4. The summed E-state index contributed by atoms with van der Waals surface area (Å²) in [5, 5.41) is 12.9. The molecule has 0 radical (unpaired) electrons. The molecule has 1 unspecified atom stereocenters. The zero-order chi connectivity index (χ0) is 22.9. The number of benzene rings is 1. The second-order valence-electron chi connectivity index (χ2n) is 8.60. The van der Waals surface area contributed by atoms with Crippen molar-refractivity contribution in [2.75, 3.05) is 43.1 Å². The molecule has 32 heavy (non-hydrogen) atoms. The van der Waals surface area contributed by atoms with Crippen LogP contribution >= 0.6 is 0 Å². The second-order valence-corrected chi connectivity index (χ2v) is 8.60. The average Bonchev–Trinajstić information content (AvgIpc) is 3.08. The Morgan fingerprint density at radius 2 is 2.06 bits per heavy atom. The lowest BCUT2D eigenvalue weighted by Crippen LogP contribution is -2.42. The van der Waals surface area contributed by atoms with Gasteiger partial charge in [0.2, 0.25) is 0 Å². The van der Waals surface area contributed by atoms with Crippen molar-refractivity contribution in [3.63, 3.8) is 0 Å². The van der Waals surface area contributed by atoms with Crippen molar-refractivity contribution in [3.8, 4) is 0 Å². The number of alkyl halides is 1. The number of nitrogens with zero attached hydrogens (tertiary/aromatic N) is 3. The molecule has 2 aromatic rings. The lowest BCUT2D eigenvalue weighted by atomic mass is 10.0. The molecule has 1 atom stereocenters. The van der Waals surface area contributed by atoms with E-state index in [1.807, 2.05) is 0 Å². The largest absolute Gasteiger partial charge is 0.387 e. The molecule has 4 rings (SSSR count). The van der Waals surface area contributed by atoms with Gasteiger partial charge in [-0.2, -0.15) is 0 Å². The monoisotopic (exact) mass is 442 g/mol. The van der Waals surface area contributed by atoms with E-state index in [0.717, 1.165) is 0 Å². The summed E-state index contributed by atoms with van der Waals surface area (Å²) in [4.78, 5) is 33.3. The van der Waals surface area contributed by atoms with Crippen molar-refractivity contribution in [2.45, 2.75) is 32.2 Å². The lowest BCUT2D eigenvalue weighted by Gasteiger charge is -2.31. The van der Waals surface area contributed by atoms with Crippen LogP contribution in [0, 0.1) is 0 Å². The number of aliphatic hydroxyl groups is 1. The number of pyridine rings is 1. The van der Waals surface area contributed by atoms with Crippen LogP contribution in [-0.4, -0.2) is 71.4 Å². The third-order valence-corrected chi connectivity index (χ3v) is 5.75. The smallest absolute Gasteiger partial charge is 0.274 e. The van der Waals surface area contributed by atoms with Gasteiger partial charge < -0.3 is 25.0 Å². The summed E-state index contributed by atoms with van der Waals surface area (Å²) in [6.45, 7) is 5.09. The molecule has 3 heterocycles. The minimum absolute atomic E-state index is 0.209. The van der Waals surface area contributed by atoms with Crippen molar-refractivity contribution in [2.24, 2.45) is 0 Å². The van der Waals surface area contributed by atoms with Gasteiger partial charge in [-0.1, -0.05) is 6.07 Å². The van der Waals surface area contributed by atoms with Gasteiger partial charge in [-0.15, -0.1) is 0 Å². The van der Waals surface area contributed by atoms with Crippen molar-refractivity contribution in [1.82, 2.24) is 9.88 Å². The number of carbonyl (C=O) groups excluding carboxylic acids is 2. The van der Waals surface area contributed by atoms with E-state index in [0.29, 0.717) is 48.8 Å². The van der Waals surface area contributed by atoms with Crippen LogP contribution in [0.2, 0.25) is 0 Å². The number of fused-ring (bicyclic) bond motifs is 1. The Morgan fingerprint density at radius 3 is 2.72 bits per heavy atom. The molecular formula is C23H27FN4O4. The average molecular weight is 442 g/mol. The number of amides is 2. The molecule has 1 fully saturated rings. The maximum Gasteiger partial charge on any atom is 0.274 e. The molecule has 2 aliphatic rings. The van der Waals surface area contributed by atoms with Crippen LogP contribution in [0.5, 0.6) is 0 Å². The molecule has 0 aliphatic carbocycles.